The lowest BCUT2D eigenvalue weighted by Gasteiger charge is -2.15. The van der Waals surface area contributed by atoms with Gasteiger partial charge in [0.15, 0.2) is 0 Å². The molecule has 4 N–H and O–H groups in total. The summed E-state index contributed by atoms with van der Waals surface area (Å²) >= 11 is 0. The van der Waals surface area contributed by atoms with Crippen LogP contribution in [0.1, 0.15) is 31.7 Å². The van der Waals surface area contributed by atoms with Gasteiger partial charge in [0.05, 0.1) is 7.11 Å². The largest absolute Gasteiger partial charge is 0.496 e. The molecular weight excluding hydrogens is 244 g/mol. The van der Waals surface area contributed by atoms with E-state index in [0.29, 0.717) is 18.9 Å². The van der Waals surface area contributed by atoms with Gasteiger partial charge < -0.3 is 20.9 Å². The van der Waals surface area contributed by atoms with E-state index in [4.69, 9.17) is 15.6 Å². The lowest BCUT2D eigenvalue weighted by atomic mass is 10.0. The first-order valence-corrected chi connectivity index (χ1v) is 6.36. The normalized spacial score (nSPS) is 12.3. The molecule has 106 valence electrons. The van der Waals surface area contributed by atoms with Crippen molar-refractivity contribution in [2.24, 2.45) is 5.73 Å². The first kappa shape index (κ1) is 15.3. The number of ether oxygens (including phenoxy) is 1. The van der Waals surface area contributed by atoms with Crippen LogP contribution in [-0.4, -0.2) is 30.8 Å². The van der Waals surface area contributed by atoms with Crippen molar-refractivity contribution >= 4 is 11.7 Å². The lowest BCUT2D eigenvalue weighted by Crippen LogP contribution is -2.32. The molecule has 0 heterocycles. The number of carbonyl (C=O) groups is 1. The standard InChI is InChI=1S/C14H22N2O3/c1-9(2)11-8-10(4-5-13(11)19-3)16-7-6-12(15)14(17)18/h4-5,8-9,12,16H,6-7,15H2,1-3H3,(H,17,18). The van der Waals surface area contributed by atoms with Crippen molar-refractivity contribution in [2.45, 2.75) is 32.2 Å². The van der Waals surface area contributed by atoms with Gasteiger partial charge in [-0.1, -0.05) is 13.8 Å². The molecule has 5 heteroatoms. The minimum Gasteiger partial charge on any atom is -0.496 e. The van der Waals surface area contributed by atoms with Crippen molar-refractivity contribution in [1.82, 2.24) is 0 Å². The zero-order valence-electron chi connectivity index (χ0n) is 11.6. The van der Waals surface area contributed by atoms with E-state index < -0.39 is 12.0 Å². The summed E-state index contributed by atoms with van der Waals surface area (Å²) in [6, 6.07) is 5.03. The number of hydrogen-bond donors (Lipinski definition) is 3. The van der Waals surface area contributed by atoms with Crippen molar-refractivity contribution in [3.05, 3.63) is 23.8 Å². The SMILES string of the molecule is COc1ccc(NCCC(N)C(=O)O)cc1C(C)C. The number of carboxylic acids is 1. The van der Waals surface area contributed by atoms with E-state index in [-0.39, 0.29) is 0 Å². The number of aliphatic carboxylic acids is 1. The zero-order chi connectivity index (χ0) is 14.4. The molecule has 0 saturated carbocycles. The molecule has 1 rings (SSSR count). The molecule has 0 bridgehead atoms. The van der Waals surface area contributed by atoms with Crippen LogP contribution in [0.3, 0.4) is 0 Å². The monoisotopic (exact) mass is 266 g/mol. The smallest absolute Gasteiger partial charge is 0.320 e. The molecular formula is C14H22N2O3. The predicted octanol–water partition coefficient (Wildman–Crippen LogP) is 2.03. The molecule has 0 spiro atoms. The van der Waals surface area contributed by atoms with Crippen LogP contribution in [0.5, 0.6) is 5.75 Å². The van der Waals surface area contributed by atoms with Gasteiger partial charge in [0.2, 0.25) is 0 Å². The van der Waals surface area contributed by atoms with Gasteiger partial charge in [-0.15, -0.1) is 0 Å². The average molecular weight is 266 g/mol. The fourth-order valence-electron chi connectivity index (χ4n) is 1.79. The molecule has 0 aliphatic rings. The molecule has 0 aliphatic heterocycles. The number of nitrogens with one attached hydrogen (secondary N) is 1. The van der Waals surface area contributed by atoms with E-state index >= 15 is 0 Å². The van der Waals surface area contributed by atoms with Crippen molar-refractivity contribution in [3.63, 3.8) is 0 Å². The number of nitrogens with two attached hydrogens (primary N) is 1. The Labute approximate surface area is 113 Å². The maximum atomic E-state index is 10.6. The lowest BCUT2D eigenvalue weighted by molar-refractivity contribution is -0.138. The average Bonchev–Trinajstić information content (AvgIpc) is 2.38. The molecule has 0 saturated heterocycles. The van der Waals surface area contributed by atoms with Crippen LogP contribution in [-0.2, 0) is 4.79 Å². The molecule has 0 aliphatic carbocycles. The summed E-state index contributed by atoms with van der Waals surface area (Å²) in [5.41, 5.74) is 7.51. The molecule has 1 aromatic carbocycles. The number of benzene rings is 1. The fraction of sp³-hybridized carbons (Fsp3) is 0.500. The summed E-state index contributed by atoms with van der Waals surface area (Å²) in [5.74, 6) is 0.250. The molecule has 0 amide bonds. The Morgan fingerprint density at radius 1 is 1.47 bits per heavy atom. The highest BCUT2D eigenvalue weighted by molar-refractivity contribution is 5.73. The Balaban J connectivity index is 2.64. The molecule has 0 fully saturated rings. The van der Waals surface area contributed by atoms with Gasteiger partial charge in [-0.25, -0.2) is 0 Å². The van der Waals surface area contributed by atoms with Crippen LogP contribution in [0.15, 0.2) is 18.2 Å². The van der Waals surface area contributed by atoms with Gasteiger partial charge in [0, 0.05) is 12.2 Å². The highest BCUT2D eigenvalue weighted by Gasteiger charge is 2.11. The number of carboxylic acid groups (broad SMARTS) is 1. The molecule has 19 heavy (non-hydrogen) atoms. The Hall–Kier alpha value is -1.75. The highest BCUT2D eigenvalue weighted by atomic mass is 16.5. The first-order valence-electron chi connectivity index (χ1n) is 6.36. The van der Waals surface area contributed by atoms with E-state index in [0.717, 1.165) is 17.0 Å². The maximum Gasteiger partial charge on any atom is 0.320 e. The summed E-state index contributed by atoms with van der Waals surface area (Å²) < 4.78 is 5.31. The van der Waals surface area contributed by atoms with E-state index in [1.54, 1.807) is 7.11 Å². The molecule has 0 aromatic heterocycles. The Bertz CT molecular complexity index is 433. The van der Waals surface area contributed by atoms with Crippen LogP contribution in [0.25, 0.3) is 0 Å². The van der Waals surface area contributed by atoms with Gasteiger partial charge in [-0.3, -0.25) is 4.79 Å². The minimum atomic E-state index is -0.973. The minimum absolute atomic E-state index is 0.359. The van der Waals surface area contributed by atoms with E-state index in [1.807, 2.05) is 18.2 Å². The molecule has 1 aromatic rings. The van der Waals surface area contributed by atoms with E-state index in [9.17, 15) is 4.79 Å². The van der Waals surface area contributed by atoms with Crippen LogP contribution >= 0.6 is 0 Å². The van der Waals surface area contributed by atoms with Gasteiger partial charge in [0.1, 0.15) is 11.8 Å². The van der Waals surface area contributed by atoms with Gasteiger partial charge in [-0.2, -0.15) is 0 Å². The van der Waals surface area contributed by atoms with Crippen molar-refractivity contribution in [1.29, 1.82) is 0 Å². The van der Waals surface area contributed by atoms with Crippen molar-refractivity contribution < 1.29 is 14.6 Å². The quantitative estimate of drug-likeness (QED) is 0.703. The second kappa shape index (κ2) is 6.99. The number of hydrogen-bond acceptors (Lipinski definition) is 4. The molecule has 1 unspecified atom stereocenters. The second-order valence-electron chi connectivity index (χ2n) is 4.77. The Kier molecular flexibility index (Phi) is 5.63. The van der Waals surface area contributed by atoms with Crippen molar-refractivity contribution in [3.8, 4) is 5.75 Å². The summed E-state index contributed by atoms with van der Waals surface area (Å²) in [5, 5.41) is 11.9. The molecule has 0 radical (unpaired) electrons. The third-order valence-electron chi connectivity index (χ3n) is 2.95. The van der Waals surface area contributed by atoms with E-state index in [2.05, 4.69) is 19.2 Å². The second-order valence-corrected chi connectivity index (χ2v) is 4.77. The maximum absolute atomic E-state index is 10.6. The molecule has 5 nitrogen and oxygen atoms in total. The summed E-state index contributed by atoms with van der Waals surface area (Å²) in [6.45, 7) is 4.72. The van der Waals surface area contributed by atoms with Gasteiger partial charge in [-0.05, 0) is 36.1 Å². The fourth-order valence-corrected chi connectivity index (χ4v) is 1.79. The van der Waals surface area contributed by atoms with Crippen molar-refractivity contribution in [2.75, 3.05) is 19.0 Å². The number of anilines is 1. The Morgan fingerprint density at radius 2 is 2.16 bits per heavy atom. The van der Waals surface area contributed by atoms with Crippen LogP contribution < -0.4 is 15.8 Å². The third kappa shape index (κ3) is 4.44. The number of methoxy groups -OCH3 is 1. The topological polar surface area (TPSA) is 84.6 Å². The summed E-state index contributed by atoms with van der Waals surface area (Å²) in [6.07, 6.45) is 0.387. The summed E-state index contributed by atoms with van der Waals surface area (Å²) in [4.78, 5) is 10.6. The Morgan fingerprint density at radius 3 is 2.68 bits per heavy atom. The van der Waals surface area contributed by atoms with Gasteiger partial charge in [0.25, 0.3) is 0 Å². The number of rotatable bonds is 7. The zero-order valence-corrected chi connectivity index (χ0v) is 11.6. The third-order valence-corrected chi connectivity index (χ3v) is 2.95. The van der Waals surface area contributed by atoms with Crippen LogP contribution in [0.4, 0.5) is 5.69 Å². The van der Waals surface area contributed by atoms with E-state index in [1.165, 1.54) is 0 Å². The predicted molar refractivity (Wildman–Crippen MR) is 75.8 cm³/mol. The van der Waals surface area contributed by atoms with Crippen LogP contribution in [0, 0.1) is 0 Å². The first-order chi connectivity index (χ1) is 8.95. The summed E-state index contributed by atoms with van der Waals surface area (Å²) in [7, 11) is 1.65. The van der Waals surface area contributed by atoms with Gasteiger partial charge >= 0.3 is 5.97 Å². The molecule has 1 atom stereocenters. The highest BCUT2D eigenvalue weighted by Crippen LogP contribution is 2.29. The van der Waals surface area contributed by atoms with Crippen LogP contribution in [0.2, 0.25) is 0 Å².